The molecule has 0 atom stereocenters. The first-order valence-corrected chi connectivity index (χ1v) is 7.05. The monoisotopic (exact) mass is 329 g/mol. The van der Waals surface area contributed by atoms with E-state index < -0.39 is 11.8 Å². The van der Waals surface area contributed by atoms with Crippen molar-refractivity contribution in [3.05, 3.63) is 33.8 Å². The fraction of sp³-hybridized carbons (Fsp3) is 0.308. The van der Waals surface area contributed by atoms with E-state index in [9.17, 15) is 14.4 Å². The molecule has 1 saturated carbocycles. The molecule has 0 saturated heterocycles. The Labute approximate surface area is 131 Å². The van der Waals surface area contributed by atoms with Crippen LogP contribution in [0.1, 0.15) is 23.2 Å². The van der Waals surface area contributed by atoms with Gasteiger partial charge in [0, 0.05) is 10.9 Å². The summed E-state index contributed by atoms with van der Waals surface area (Å²) in [5.41, 5.74) is 4.74. The fourth-order valence-corrected chi connectivity index (χ4v) is 2.05. The summed E-state index contributed by atoms with van der Waals surface area (Å²) < 4.78 is 0. The molecule has 0 bridgehead atoms. The van der Waals surface area contributed by atoms with Crippen molar-refractivity contribution in [2.45, 2.75) is 12.8 Å². The molecule has 1 aliphatic carbocycles. The maximum atomic E-state index is 11.8. The number of halogens is 2. The van der Waals surface area contributed by atoms with Gasteiger partial charge in [-0.05, 0) is 31.0 Å². The molecule has 0 radical (unpaired) electrons. The van der Waals surface area contributed by atoms with E-state index in [1.807, 2.05) is 0 Å². The predicted molar refractivity (Wildman–Crippen MR) is 77.8 cm³/mol. The van der Waals surface area contributed by atoms with Gasteiger partial charge in [-0.1, -0.05) is 23.2 Å². The van der Waals surface area contributed by atoms with Crippen LogP contribution < -0.4 is 16.2 Å². The third kappa shape index (κ3) is 4.61. The molecule has 1 aliphatic rings. The lowest BCUT2D eigenvalue weighted by Gasteiger charge is -2.08. The molecule has 3 N–H and O–H groups in total. The van der Waals surface area contributed by atoms with Crippen molar-refractivity contribution >= 4 is 40.9 Å². The number of nitrogens with one attached hydrogen (secondary N) is 3. The quantitative estimate of drug-likeness (QED) is 0.727. The molecule has 0 spiro atoms. The lowest BCUT2D eigenvalue weighted by Crippen LogP contribution is -2.46. The van der Waals surface area contributed by atoms with Crippen LogP contribution in [0.4, 0.5) is 0 Å². The fourth-order valence-electron chi connectivity index (χ4n) is 1.55. The van der Waals surface area contributed by atoms with Gasteiger partial charge in [-0.2, -0.15) is 0 Å². The van der Waals surface area contributed by atoms with Crippen molar-refractivity contribution < 1.29 is 14.4 Å². The van der Waals surface area contributed by atoms with Crippen LogP contribution >= 0.6 is 23.2 Å². The molecule has 6 nitrogen and oxygen atoms in total. The van der Waals surface area contributed by atoms with Crippen molar-refractivity contribution in [1.29, 1.82) is 0 Å². The Morgan fingerprint density at radius 3 is 2.48 bits per heavy atom. The maximum absolute atomic E-state index is 11.8. The zero-order chi connectivity index (χ0) is 15.4. The minimum absolute atomic E-state index is 0.00670. The zero-order valence-electron chi connectivity index (χ0n) is 10.9. The van der Waals surface area contributed by atoms with E-state index in [0.717, 1.165) is 12.8 Å². The van der Waals surface area contributed by atoms with Crippen LogP contribution in [0.5, 0.6) is 0 Å². The molecule has 0 aromatic heterocycles. The summed E-state index contributed by atoms with van der Waals surface area (Å²) in [6.45, 7) is -0.275. The van der Waals surface area contributed by atoms with Gasteiger partial charge in [0.1, 0.15) is 0 Å². The van der Waals surface area contributed by atoms with Crippen LogP contribution in [-0.4, -0.2) is 24.3 Å². The summed E-state index contributed by atoms with van der Waals surface area (Å²) in [6.07, 6.45) is 1.68. The van der Waals surface area contributed by atoms with Gasteiger partial charge >= 0.3 is 0 Å². The van der Waals surface area contributed by atoms with E-state index in [-0.39, 0.29) is 29.0 Å². The summed E-state index contributed by atoms with van der Waals surface area (Å²) in [6, 6.07) is 4.43. The van der Waals surface area contributed by atoms with E-state index in [0.29, 0.717) is 5.02 Å². The molecule has 1 aromatic rings. The maximum Gasteiger partial charge on any atom is 0.257 e. The molecule has 0 unspecified atom stereocenters. The Morgan fingerprint density at radius 1 is 1.14 bits per heavy atom. The number of benzene rings is 1. The van der Waals surface area contributed by atoms with Gasteiger partial charge in [0.15, 0.2) is 0 Å². The van der Waals surface area contributed by atoms with Gasteiger partial charge in [0.2, 0.25) is 5.91 Å². The van der Waals surface area contributed by atoms with Gasteiger partial charge in [-0.3, -0.25) is 25.2 Å². The van der Waals surface area contributed by atoms with E-state index in [4.69, 9.17) is 23.2 Å². The Morgan fingerprint density at radius 2 is 1.86 bits per heavy atom. The van der Waals surface area contributed by atoms with Crippen molar-refractivity contribution in [3.63, 3.8) is 0 Å². The van der Waals surface area contributed by atoms with Crippen LogP contribution in [-0.2, 0) is 9.59 Å². The number of hydrogen-bond acceptors (Lipinski definition) is 3. The molecule has 1 aromatic carbocycles. The first kappa shape index (κ1) is 15.6. The normalized spacial score (nSPS) is 13.4. The second-order valence-corrected chi connectivity index (χ2v) is 5.46. The molecule has 2 rings (SSSR count). The molecule has 8 heteroatoms. The smallest absolute Gasteiger partial charge is 0.257 e. The second kappa shape index (κ2) is 6.78. The minimum Gasteiger partial charge on any atom is -0.343 e. The van der Waals surface area contributed by atoms with Gasteiger partial charge in [-0.25, -0.2) is 0 Å². The standard InChI is InChI=1S/C13H13Cl2N3O3/c14-8-3-4-9(10(15)5-8)13(21)16-6-11(19)17-18-12(20)7-1-2-7/h3-5,7H,1-2,6H2,(H,16,21)(H,17,19)(H,18,20). The Bertz CT molecular complexity index is 588. The number of hydrogen-bond donors (Lipinski definition) is 3. The lowest BCUT2D eigenvalue weighted by molar-refractivity contribution is -0.129. The highest BCUT2D eigenvalue weighted by Gasteiger charge is 2.29. The largest absolute Gasteiger partial charge is 0.343 e. The number of carbonyl (C=O) groups excluding carboxylic acids is 3. The first-order valence-electron chi connectivity index (χ1n) is 6.29. The predicted octanol–water partition coefficient (Wildman–Crippen LogP) is 1.28. The number of amides is 3. The molecule has 3 amide bonds. The van der Waals surface area contributed by atoms with E-state index in [1.54, 1.807) is 0 Å². The summed E-state index contributed by atoms with van der Waals surface area (Å²) >= 11 is 11.6. The molecular weight excluding hydrogens is 317 g/mol. The Hall–Kier alpha value is -1.79. The van der Waals surface area contributed by atoms with E-state index in [2.05, 4.69) is 16.2 Å². The highest BCUT2D eigenvalue weighted by atomic mass is 35.5. The average molecular weight is 330 g/mol. The van der Waals surface area contributed by atoms with Crippen LogP contribution in [0.2, 0.25) is 10.0 Å². The Kier molecular flexibility index (Phi) is 5.03. The SMILES string of the molecule is O=C(CNC(=O)c1ccc(Cl)cc1Cl)NNC(=O)C1CC1. The second-order valence-electron chi connectivity index (χ2n) is 4.62. The summed E-state index contributed by atoms with van der Waals surface area (Å²) in [5.74, 6) is -1.24. The van der Waals surface area contributed by atoms with Crippen LogP contribution in [0.15, 0.2) is 18.2 Å². The Balaban J connectivity index is 1.77. The molecule has 112 valence electrons. The minimum atomic E-state index is -0.526. The number of carbonyl (C=O) groups is 3. The van der Waals surface area contributed by atoms with E-state index in [1.165, 1.54) is 18.2 Å². The average Bonchev–Trinajstić information content (AvgIpc) is 3.26. The third-order valence-corrected chi connectivity index (χ3v) is 3.41. The van der Waals surface area contributed by atoms with Crippen molar-refractivity contribution in [2.24, 2.45) is 5.92 Å². The summed E-state index contributed by atoms with van der Waals surface area (Å²) in [5, 5.41) is 3.01. The topological polar surface area (TPSA) is 87.3 Å². The van der Waals surface area contributed by atoms with E-state index >= 15 is 0 Å². The first-order chi connectivity index (χ1) is 9.97. The van der Waals surface area contributed by atoms with Gasteiger partial charge in [-0.15, -0.1) is 0 Å². The molecule has 0 heterocycles. The molecule has 21 heavy (non-hydrogen) atoms. The van der Waals surface area contributed by atoms with Gasteiger partial charge in [0.05, 0.1) is 17.1 Å². The highest BCUT2D eigenvalue weighted by Crippen LogP contribution is 2.28. The molecule has 0 aliphatic heterocycles. The summed E-state index contributed by atoms with van der Waals surface area (Å²) in [7, 11) is 0. The van der Waals surface area contributed by atoms with Crippen molar-refractivity contribution in [1.82, 2.24) is 16.2 Å². The van der Waals surface area contributed by atoms with Crippen molar-refractivity contribution in [3.8, 4) is 0 Å². The van der Waals surface area contributed by atoms with Crippen LogP contribution in [0.3, 0.4) is 0 Å². The highest BCUT2D eigenvalue weighted by molar-refractivity contribution is 6.36. The zero-order valence-corrected chi connectivity index (χ0v) is 12.4. The molecular formula is C13H13Cl2N3O3. The van der Waals surface area contributed by atoms with Gasteiger partial charge in [0.25, 0.3) is 11.8 Å². The summed E-state index contributed by atoms with van der Waals surface area (Å²) in [4.78, 5) is 34.6. The van der Waals surface area contributed by atoms with Crippen LogP contribution in [0, 0.1) is 5.92 Å². The third-order valence-electron chi connectivity index (χ3n) is 2.86. The van der Waals surface area contributed by atoms with Crippen molar-refractivity contribution in [2.75, 3.05) is 6.54 Å². The van der Waals surface area contributed by atoms with Gasteiger partial charge < -0.3 is 5.32 Å². The molecule has 1 fully saturated rings. The lowest BCUT2D eigenvalue weighted by atomic mass is 10.2. The number of rotatable bonds is 4. The van der Waals surface area contributed by atoms with Crippen LogP contribution in [0.25, 0.3) is 0 Å². The number of hydrazine groups is 1.